The molecule has 1 aromatic heterocycles. The fourth-order valence-electron chi connectivity index (χ4n) is 2.97. The van der Waals surface area contributed by atoms with Gasteiger partial charge in [-0.25, -0.2) is 4.98 Å². The minimum absolute atomic E-state index is 0.113. The fourth-order valence-corrected chi connectivity index (χ4v) is 2.97. The van der Waals surface area contributed by atoms with Gasteiger partial charge in [0.1, 0.15) is 0 Å². The number of fused-ring (bicyclic) bond motifs is 1. The molecule has 1 saturated heterocycles. The molecule has 4 nitrogen and oxygen atoms in total. The molecule has 0 unspecified atom stereocenters. The van der Waals surface area contributed by atoms with Crippen molar-refractivity contribution in [1.29, 1.82) is 0 Å². The molecule has 0 radical (unpaired) electrons. The Hall–Kier alpha value is -1.39. The number of aromatic nitrogens is 2. The van der Waals surface area contributed by atoms with Crippen molar-refractivity contribution in [3.05, 3.63) is 30.1 Å². The molecule has 3 N–H and O–H groups in total. The second-order valence-electron chi connectivity index (χ2n) is 6.45. The molecule has 4 heteroatoms. The van der Waals surface area contributed by atoms with Crippen LogP contribution in [0.1, 0.15) is 25.8 Å². The predicted molar refractivity (Wildman–Crippen MR) is 76.0 cm³/mol. The molecule has 0 saturated carbocycles. The smallest absolute Gasteiger partial charge is 0.0931 e. The number of aromatic amines is 1. The van der Waals surface area contributed by atoms with E-state index in [1.807, 2.05) is 0 Å². The van der Waals surface area contributed by atoms with Gasteiger partial charge in [-0.05, 0) is 36.1 Å². The molecule has 2 aromatic rings. The molecule has 0 atom stereocenters. The Morgan fingerprint density at radius 1 is 1.42 bits per heavy atom. The lowest BCUT2D eigenvalue weighted by Crippen LogP contribution is -2.50. The summed E-state index contributed by atoms with van der Waals surface area (Å²) in [6.45, 7) is 6.72. The molecule has 3 rings (SSSR count). The molecule has 0 amide bonds. The van der Waals surface area contributed by atoms with Crippen molar-refractivity contribution in [2.45, 2.75) is 25.7 Å². The van der Waals surface area contributed by atoms with Gasteiger partial charge >= 0.3 is 0 Å². The topological polar surface area (TPSA) is 63.9 Å². The van der Waals surface area contributed by atoms with Crippen LogP contribution < -0.4 is 5.73 Å². The van der Waals surface area contributed by atoms with E-state index in [0.717, 1.165) is 30.7 Å². The minimum atomic E-state index is 0.113. The summed E-state index contributed by atoms with van der Waals surface area (Å²) in [4.78, 5) is 7.45. The van der Waals surface area contributed by atoms with Crippen molar-refractivity contribution in [3.63, 3.8) is 0 Å². The average molecular weight is 259 g/mol. The van der Waals surface area contributed by atoms with E-state index >= 15 is 0 Å². The van der Waals surface area contributed by atoms with Gasteiger partial charge in [-0.15, -0.1) is 0 Å². The maximum Gasteiger partial charge on any atom is 0.0931 e. The Bertz CT molecular complexity index is 584. The fraction of sp³-hybridized carbons (Fsp3) is 0.533. The summed E-state index contributed by atoms with van der Waals surface area (Å²) >= 11 is 0. The highest BCUT2D eigenvalue weighted by Crippen LogP contribution is 2.42. The van der Waals surface area contributed by atoms with Crippen molar-refractivity contribution in [3.8, 4) is 0 Å². The molecular weight excluding hydrogens is 238 g/mol. The second-order valence-corrected chi connectivity index (χ2v) is 6.45. The number of ether oxygens (including phenoxy) is 1. The van der Waals surface area contributed by atoms with E-state index in [9.17, 15) is 0 Å². The molecule has 0 spiro atoms. The number of nitrogens with zero attached hydrogens (tertiary/aromatic N) is 1. The van der Waals surface area contributed by atoms with E-state index in [1.54, 1.807) is 6.33 Å². The zero-order chi connectivity index (χ0) is 13.5. The second kappa shape index (κ2) is 4.32. The number of benzene rings is 1. The van der Waals surface area contributed by atoms with Crippen molar-refractivity contribution in [2.24, 2.45) is 11.1 Å². The lowest BCUT2D eigenvalue weighted by atomic mass is 9.67. The largest absolute Gasteiger partial charge is 0.379 e. The van der Waals surface area contributed by atoms with Crippen LogP contribution in [0.2, 0.25) is 0 Å². The monoisotopic (exact) mass is 259 g/mol. The SMILES string of the molecule is CC(C)(CN)CC1(c2ccc3nc[nH]c3c2)COC1. The molecule has 1 fully saturated rings. The summed E-state index contributed by atoms with van der Waals surface area (Å²) in [7, 11) is 0. The Balaban J connectivity index is 1.96. The van der Waals surface area contributed by atoms with Crippen LogP contribution in [0.4, 0.5) is 0 Å². The number of rotatable bonds is 4. The van der Waals surface area contributed by atoms with Crippen LogP contribution in [0.15, 0.2) is 24.5 Å². The van der Waals surface area contributed by atoms with Crippen LogP contribution in [0.3, 0.4) is 0 Å². The number of H-pyrrole nitrogens is 1. The molecule has 1 aromatic carbocycles. The van der Waals surface area contributed by atoms with Gasteiger partial charge < -0.3 is 15.5 Å². The maximum absolute atomic E-state index is 5.89. The Labute approximate surface area is 113 Å². The number of nitrogens with two attached hydrogens (primary N) is 1. The zero-order valence-corrected chi connectivity index (χ0v) is 11.6. The van der Waals surface area contributed by atoms with Gasteiger partial charge in [0.2, 0.25) is 0 Å². The van der Waals surface area contributed by atoms with Gasteiger partial charge in [0.25, 0.3) is 0 Å². The van der Waals surface area contributed by atoms with Gasteiger partial charge in [0.15, 0.2) is 0 Å². The summed E-state index contributed by atoms with van der Waals surface area (Å²) in [6.07, 6.45) is 2.79. The molecule has 1 aliphatic heterocycles. The molecule has 0 aliphatic carbocycles. The third kappa shape index (κ3) is 2.15. The lowest BCUT2D eigenvalue weighted by molar-refractivity contribution is -0.0785. The number of nitrogens with one attached hydrogen (secondary N) is 1. The van der Waals surface area contributed by atoms with E-state index in [0.29, 0.717) is 6.54 Å². The number of hydrogen-bond donors (Lipinski definition) is 2. The molecule has 102 valence electrons. The van der Waals surface area contributed by atoms with E-state index < -0.39 is 0 Å². The molecule has 0 bridgehead atoms. The third-order valence-electron chi connectivity index (χ3n) is 4.16. The first-order valence-corrected chi connectivity index (χ1v) is 6.76. The molecule has 1 aliphatic rings. The first-order valence-electron chi connectivity index (χ1n) is 6.76. The first-order chi connectivity index (χ1) is 9.05. The standard InChI is InChI=1S/C15H21N3O/c1-14(2,7-16)6-15(8-19-9-15)11-3-4-12-13(5-11)18-10-17-12/h3-5,10H,6-9,16H2,1-2H3,(H,17,18). The van der Waals surface area contributed by atoms with Gasteiger partial charge in [-0.1, -0.05) is 19.9 Å². The van der Waals surface area contributed by atoms with Crippen molar-refractivity contribution in [2.75, 3.05) is 19.8 Å². The van der Waals surface area contributed by atoms with Crippen LogP contribution in [-0.4, -0.2) is 29.7 Å². The maximum atomic E-state index is 5.89. The van der Waals surface area contributed by atoms with Crippen LogP contribution in [-0.2, 0) is 10.2 Å². The van der Waals surface area contributed by atoms with Crippen molar-refractivity contribution < 1.29 is 4.74 Å². The van der Waals surface area contributed by atoms with Crippen LogP contribution in [0, 0.1) is 5.41 Å². The summed E-state index contributed by atoms with van der Waals surface area (Å²) in [5.41, 5.74) is 9.57. The van der Waals surface area contributed by atoms with E-state index in [2.05, 4.69) is 42.0 Å². The lowest BCUT2D eigenvalue weighted by Gasteiger charge is -2.46. The number of hydrogen-bond acceptors (Lipinski definition) is 3. The minimum Gasteiger partial charge on any atom is -0.379 e. The normalized spacial score (nSPS) is 18.5. The van der Waals surface area contributed by atoms with E-state index in [1.165, 1.54) is 5.56 Å². The average Bonchev–Trinajstić information content (AvgIpc) is 2.81. The Morgan fingerprint density at radius 2 is 2.21 bits per heavy atom. The van der Waals surface area contributed by atoms with Crippen molar-refractivity contribution in [1.82, 2.24) is 9.97 Å². The highest BCUT2D eigenvalue weighted by atomic mass is 16.5. The predicted octanol–water partition coefficient (Wildman–Crippen LogP) is 2.21. The highest BCUT2D eigenvalue weighted by molar-refractivity contribution is 5.75. The quantitative estimate of drug-likeness (QED) is 0.884. The molecule has 2 heterocycles. The summed E-state index contributed by atoms with van der Waals surface area (Å²) < 4.78 is 5.51. The summed E-state index contributed by atoms with van der Waals surface area (Å²) in [6, 6.07) is 6.46. The van der Waals surface area contributed by atoms with Crippen molar-refractivity contribution >= 4 is 11.0 Å². The van der Waals surface area contributed by atoms with Gasteiger partial charge in [-0.2, -0.15) is 0 Å². The van der Waals surface area contributed by atoms with Crippen LogP contribution >= 0.6 is 0 Å². The zero-order valence-electron chi connectivity index (χ0n) is 11.6. The highest BCUT2D eigenvalue weighted by Gasteiger charge is 2.44. The first kappa shape index (κ1) is 12.6. The van der Waals surface area contributed by atoms with Gasteiger partial charge in [0.05, 0.1) is 30.6 Å². The Morgan fingerprint density at radius 3 is 2.84 bits per heavy atom. The summed E-state index contributed by atoms with van der Waals surface area (Å²) in [5, 5.41) is 0. The van der Waals surface area contributed by atoms with Crippen LogP contribution in [0.5, 0.6) is 0 Å². The summed E-state index contributed by atoms with van der Waals surface area (Å²) in [5.74, 6) is 0. The molecule has 19 heavy (non-hydrogen) atoms. The Kier molecular flexibility index (Phi) is 2.87. The van der Waals surface area contributed by atoms with Gasteiger partial charge in [0, 0.05) is 5.41 Å². The molecular formula is C15H21N3O. The van der Waals surface area contributed by atoms with E-state index in [-0.39, 0.29) is 10.8 Å². The van der Waals surface area contributed by atoms with E-state index in [4.69, 9.17) is 10.5 Å². The van der Waals surface area contributed by atoms with Crippen LogP contribution in [0.25, 0.3) is 11.0 Å². The third-order valence-corrected chi connectivity index (χ3v) is 4.16. The number of imidazole rings is 1. The van der Waals surface area contributed by atoms with Gasteiger partial charge in [-0.3, -0.25) is 0 Å².